The molecule has 0 amide bonds. The average molecular weight is 409 g/mol. The molecule has 0 unspecified atom stereocenters. The molecule has 0 radical (unpaired) electrons. The number of ether oxygens (including phenoxy) is 3. The van der Waals surface area contributed by atoms with Gasteiger partial charge in [0, 0.05) is 10.8 Å². The minimum absolute atomic E-state index is 0.0523. The van der Waals surface area contributed by atoms with E-state index < -0.39 is 36.3 Å². The third-order valence-electron chi connectivity index (χ3n) is 5.59. The van der Waals surface area contributed by atoms with Gasteiger partial charge in [-0.15, -0.1) is 0 Å². The zero-order valence-electron chi connectivity index (χ0n) is 16.3. The number of carbonyl (C=O) groups is 1. The van der Waals surface area contributed by atoms with Crippen LogP contribution in [0.2, 0.25) is 0 Å². The van der Waals surface area contributed by atoms with Gasteiger partial charge in [0.1, 0.15) is 6.10 Å². The van der Waals surface area contributed by atoms with E-state index in [4.69, 9.17) is 19.7 Å². The van der Waals surface area contributed by atoms with Gasteiger partial charge in [-0.25, -0.2) is 0 Å². The van der Waals surface area contributed by atoms with Gasteiger partial charge in [-0.1, -0.05) is 65.8 Å². The normalized spacial score (nSPS) is 29.5. The number of carboxylic acid groups (broad SMARTS) is 1. The number of benzene rings is 2. The number of carboxylic acids is 1. The highest BCUT2D eigenvalue weighted by Gasteiger charge is 2.66. The van der Waals surface area contributed by atoms with E-state index >= 15 is 0 Å². The second kappa shape index (κ2) is 9.28. The molecular weight excluding hydrogens is 386 g/mol. The first-order valence-electron chi connectivity index (χ1n) is 9.89. The molecule has 1 aliphatic heterocycles. The van der Waals surface area contributed by atoms with Crippen LogP contribution in [0.4, 0.5) is 0 Å². The smallest absolute Gasteiger partial charge is 0.309 e. The summed E-state index contributed by atoms with van der Waals surface area (Å²) in [5.41, 5.74) is 10.7. The molecule has 0 aromatic heterocycles. The molecule has 1 heterocycles. The Bertz CT molecular complexity index is 860. The maximum Gasteiger partial charge on any atom is 0.309 e. The molecule has 156 valence electrons. The molecule has 2 aliphatic rings. The van der Waals surface area contributed by atoms with Crippen molar-refractivity contribution in [3.63, 3.8) is 0 Å². The Morgan fingerprint density at radius 3 is 2.10 bits per heavy atom. The van der Waals surface area contributed by atoms with Crippen molar-refractivity contribution in [2.24, 2.45) is 17.0 Å². The van der Waals surface area contributed by atoms with Gasteiger partial charge >= 0.3 is 5.97 Å². The SMILES string of the molecule is [N-]=[N+]=NC[C@H]1O[C@@H]2[C@@H](C(=O)O)[C@@H]2[C@@H](OCc2ccccc2)[C@@H]1OCc1ccccc1. The number of aliphatic carboxylic acids is 1. The summed E-state index contributed by atoms with van der Waals surface area (Å²) in [5, 5.41) is 13.2. The lowest BCUT2D eigenvalue weighted by atomic mass is 9.99. The average Bonchev–Trinajstić information content (AvgIpc) is 3.50. The first kappa shape index (κ1) is 20.4. The molecule has 2 aromatic carbocycles. The van der Waals surface area contributed by atoms with Crippen molar-refractivity contribution in [3.8, 4) is 0 Å². The van der Waals surface area contributed by atoms with E-state index in [0.717, 1.165) is 11.1 Å². The maximum atomic E-state index is 11.7. The molecule has 30 heavy (non-hydrogen) atoms. The topological polar surface area (TPSA) is 114 Å². The van der Waals surface area contributed by atoms with Gasteiger partial charge in [0.2, 0.25) is 0 Å². The van der Waals surface area contributed by atoms with E-state index in [1.54, 1.807) is 0 Å². The molecule has 8 heteroatoms. The lowest BCUT2D eigenvalue weighted by Gasteiger charge is -2.37. The number of rotatable bonds is 9. The summed E-state index contributed by atoms with van der Waals surface area (Å²) < 4.78 is 18.4. The van der Waals surface area contributed by atoms with Crippen molar-refractivity contribution < 1.29 is 24.1 Å². The first-order chi connectivity index (χ1) is 14.7. The highest BCUT2D eigenvalue weighted by atomic mass is 16.6. The van der Waals surface area contributed by atoms with Crippen LogP contribution >= 0.6 is 0 Å². The number of hydrogen-bond donors (Lipinski definition) is 1. The number of azide groups is 1. The van der Waals surface area contributed by atoms with Crippen LogP contribution in [-0.4, -0.2) is 42.0 Å². The van der Waals surface area contributed by atoms with Crippen LogP contribution in [0.25, 0.3) is 10.4 Å². The molecule has 4 rings (SSSR count). The Balaban J connectivity index is 1.55. The summed E-state index contributed by atoms with van der Waals surface area (Å²) in [4.78, 5) is 14.5. The predicted molar refractivity (Wildman–Crippen MR) is 107 cm³/mol. The Labute approximate surface area is 174 Å². The zero-order chi connectivity index (χ0) is 20.9. The Morgan fingerprint density at radius 2 is 1.57 bits per heavy atom. The van der Waals surface area contributed by atoms with E-state index in [9.17, 15) is 9.90 Å². The van der Waals surface area contributed by atoms with E-state index in [0.29, 0.717) is 13.2 Å². The van der Waals surface area contributed by atoms with Gasteiger partial charge in [0.05, 0.1) is 44.0 Å². The van der Waals surface area contributed by atoms with Crippen molar-refractivity contribution >= 4 is 5.97 Å². The van der Waals surface area contributed by atoms with Crippen molar-refractivity contribution in [1.29, 1.82) is 0 Å². The largest absolute Gasteiger partial charge is 0.481 e. The summed E-state index contributed by atoms with van der Waals surface area (Å²) >= 11 is 0. The second-order valence-electron chi connectivity index (χ2n) is 7.52. The fourth-order valence-electron chi connectivity index (χ4n) is 4.09. The van der Waals surface area contributed by atoms with E-state index in [-0.39, 0.29) is 12.5 Å². The quantitative estimate of drug-likeness (QED) is 0.386. The first-order valence-corrected chi connectivity index (χ1v) is 9.89. The van der Waals surface area contributed by atoms with Crippen LogP contribution in [-0.2, 0) is 32.2 Å². The molecular formula is C22H23N3O5. The minimum Gasteiger partial charge on any atom is -0.481 e. The Hall–Kier alpha value is -2.90. The maximum absolute atomic E-state index is 11.7. The molecule has 8 nitrogen and oxygen atoms in total. The number of nitrogens with zero attached hydrogens (tertiary/aromatic N) is 3. The molecule has 2 aromatic rings. The minimum atomic E-state index is -0.912. The van der Waals surface area contributed by atoms with Crippen LogP contribution in [0.15, 0.2) is 65.8 Å². The van der Waals surface area contributed by atoms with E-state index in [1.807, 2.05) is 60.7 Å². The second-order valence-corrected chi connectivity index (χ2v) is 7.52. The van der Waals surface area contributed by atoms with E-state index in [2.05, 4.69) is 10.0 Å². The summed E-state index contributed by atoms with van der Waals surface area (Å²) in [7, 11) is 0. The van der Waals surface area contributed by atoms with Gasteiger partial charge in [-0.3, -0.25) is 4.79 Å². The third kappa shape index (κ3) is 4.47. The van der Waals surface area contributed by atoms with Crippen molar-refractivity contribution in [1.82, 2.24) is 0 Å². The van der Waals surface area contributed by atoms with Gasteiger partial charge in [0.25, 0.3) is 0 Å². The summed E-state index contributed by atoms with van der Waals surface area (Å²) in [6, 6.07) is 19.4. The lowest BCUT2D eigenvalue weighted by Crippen LogP contribution is -2.49. The van der Waals surface area contributed by atoms with E-state index in [1.165, 1.54) is 0 Å². The van der Waals surface area contributed by atoms with Gasteiger partial charge < -0.3 is 19.3 Å². The van der Waals surface area contributed by atoms with Crippen LogP contribution in [0.5, 0.6) is 0 Å². The summed E-state index contributed by atoms with van der Waals surface area (Å²) in [6.07, 6.45) is -2.06. The Kier molecular flexibility index (Phi) is 6.30. The molecule has 0 bridgehead atoms. The predicted octanol–water partition coefficient (Wildman–Crippen LogP) is 3.57. The summed E-state index contributed by atoms with van der Waals surface area (Å²) in [6.45, 7) is 0.708. The standard InChI is InChI=1S/C22H23N3O5/c23-25-24-11-16-19(28-12-14-7-3-1-4-8-14)21(17-18(22(26)27)20(17)30-16)29-13-15-9-5-2-6-10-15/h1-10,16-21H,11-13H2,(H,26,27)/t16-,17+,18+,19-,20+,21-/m1/s1. The Morgan fingerprint density at radius 1 is 1.00 bits per heavy atom. The monoisotopic (exact) mass is 409 g/mol. The third-order valence-corrected chi connectivity index (χ3v) is 5.59. The molecule has 1 saturated heterocycles. The lowest BCUT2D eigenvalue weighted by molar-refractivity contribution is -0.184. The van der Waals surface area contributed by atoms with Crippen LogP contribution < -0.4 is 0 Å². The molecule has 1 N–H and O–H groups in total. The number of hydrogen-bond acceptors (Lipinski definition) is 5. The summed E-state index contributed by atoms with van der Waals surface area (Å²) in [5.74, 6) is -1.86. The highest BCUT2D eigenvalue weighted by molar-refractivity contribution is 5.75. The zero-order valence-corrected chi connectivity index (χ0v) is 16.3. The van der Waals surface area contributed by atoms with Gasteiger partial charge in [-0.2, -0.15) is 0 Å². The van der Waals surface area contributed by atoms with Crippen molar-refractivity contribution in [2.75, 3.05) is 6.54 Å². The van der Waals surface area contributed by atoms with Crippen LogP contribution in [0.1, 0.15) is 11.1 Å². The molecule has 6 atom stereocenters. The number of fused-ring (bicyclic) bond motifs is 1. The van der Waals surface area contributed by atoms with Gasteiger partial charge in [-0.05, 0) is 16.7 Å². The van der Waals surface area contributed by atoms with Crippen LogP contribution in [0.3, 0.4) is 0 Å². The van der Waals surface area contributed by atoms with Gasteiger partial charge in [0.15, 0.2) is 0 Å². The van der Waals surface area contributed by atoms with Crippen molar-refractivity contribution in [2.45, 2.75) is 37.6 Å². The van der Waals surface area contributed by atoms with Crippen LogP contribution in [0, 0.1) is 11.8 Å². The highest BCUT2D eigenvalue weighted by Crippen LogP contribution is 2.52. The molecule has 0 spiro atoms. The fourth-order valence-corrected chi connectivity index (χ4v) is 4.09. The molecule has 1 aliphatic carbocycles. The molecule has 2 fully saturated rings. The molecule has 1 saturated carbocycles. The fraction of sp³-hybridized carbons (Fsp3) is 0.409. The van der Waals surface area contributed by atoms with Crippen molar-refractivity contribution in [3.05, 3.63) is 82.2 Å².